The minimum atomic E-state index is 0.340. The third-order valence-corrected chi connectivity index (χ3v) is 2.63. The monoisotopic (exact) mass is 192 g/mol. The molecule has 1 aliphatic heterocycles. The Kier molecular flexibility index (Phi) is 2.23. The molecule has 0 radical (unpaired) electrons. The van der Waals surface area contributed by atoms with Gasteiger partial charge < -0.3 is 15.3 Å². The van der Waals surface area contributed by atoms with Crippen molar-refractivity contribution >= 4 is 11.4 Å². The third kappa shape index (κ3) is 1.39. The number of anilines is 2. The molecule has 2 N–H and O–H groups in total. The van der Waals surface area contributed by atoms with Crippen LogP contribution in [0.4, 0.5) is 11.4 Å². The molecule has 1 unspecified atom stereocenters. The van der Waals surface area contributed by atoms with E-state index in [1.165, 1.54) is 0 Å². The lowest BCUT2D eigenvalue weighted by atomic mass is 10.1. The molecule has 76 valence electrons. The summed E-state index contributed by atoms with van der Waals surface area (Å²) in [6.45, 7) is 6.22. The molecule has 0 fully saturated rings. The summed E-state index contributed by atoms with van der Waals surface area (Å²) in [6.07, 6.45) is 0. The van der Waals surface area contributed by atoms with Gasteiger partial charge in [-0.15, -0.1) is 0 Å². The molecule has 0 spiro atoms. The molecule has 1 heterocycles. The van der Waals surface area contributed by atoms with E-state index < -0.39 is 0 Å². The number of phenolic OH excluding ortho intramolecular Hbond substituents is 1. The topological polar surface area (TPSA) is 35.5 Å². The number of phenols is 1. The minimum Gasteiger partial charge on any atom is -0.506 e. The lowest BCUT2D eigenvalue weighted by molar-refractivity contribution is 0.475. The summed E-state index contributed by atoms with van der Waals surface area (Å²) in [6, 6.07) is 6.03. The molecular formula is C11H16N2O. The van der Waals surface area contributed by atoms with Gasteiger partial charge in [0.2, 0.25) is 0 Å². The number of likely N-dealkylation sites (N-methyl/N-ethyl adjacent to an activating group) is 1. The van der Waals surface area contributed by atoms with Crippen molar-refractivity contribution in [3.05, 3.63) is 18.2 Å². The summed E-state index contributed by atoms with van der Waals surface area (Å²) >= 11 is 0. The van der Waals surface area contributed by atoms with Gasteiger partial charge in [0.25, 0.3) is 0 Å². The van der Waals surface area contributed by atoms with Crippen LogP contribution in [0.2, 0.25) is 0 Å². The van der Waals surface area contributed by atoms with Crippen molar-refractivity contribution in [1.29, 1.82) is 0 Å². The normalized spacial score (nSPS) is 20.1. The van der Waals surface area contributed by atoms with Crippen LogP contribution in [0, 0.1) is 0 Å². The molecule has 0 saturated carbocycles. The van der Waals surface area contributed by atoms with Gasteiger partial charge in [0.15, 0.2) is 0 Å². The van der Waals surface area contributed by atoms with Crippen molar-refractivity contribution < 1.29 is 5.11 Å². The molecule has 1 aromatic carbocycles. The highest BCUT2D eigenvalue weighted by atomic mass is 16.3. The summed E-state index contributed by atoms with van der Waals surface area (Å²) in [5.74, 6) is 0.340. The molecular weight excluding hydrogens is 176 g/mol. The van der Waals surface area contributed by atoms with Gasteiger partial charge >= 0.3 is 0 Å². The van der Waals surface area contributed by atoms with Crippen molar-refractivity contribution in [1.82, 2.24) is 0 Å². The highest BCUT2D eigenvalue weighted by Gasteiger charge is 2.21. The molecule has 1 aliphatic rings. The van der Waals surface area contributed by atoms with Crippen LogP contribution in [0.25, 0.3) is 0 Å². The molecule has 0 aromatic heterocycles. The number of aromatic hydroxyl groups is 1. The summed E-state index contributed by atoms with van der Waals surface area (Å²) in [7, 11) is 0. The van der Waals surface area contributed by atoms with Gasteiger partial charge in [-0.05, 0) is 26.0 Å². The largest absolute Gasteiger partial charge is 0.506 e. The standard InChI is InChI=1S/C11H16N2O/c1-3-13-7-8(2)12-11-9(13)5-4-6-10(11)14/h4-6,8,12,14H,3,7H2,1-2H3. The summed E-state index contributed by atoms with van der Waals surface area (Å²) in [5.41, 5.74) is 1.97. The minimum absolute atomic E-state index is 0.340. The SMILES string of the molecule is CCN1CC(C)Nc2c(O)cccc21. The lowest BCUT2D eigenvalue weighted by Crippen LogP contribution is -2.39. The number of hydrogen-bond donors (Lipinski definition) is 2. The summed E-state index contributed by atoms with van der Waals surface area (Å²) in [5, 5.41) is 13.0. The van der Waals surface area contributed by atoms with Gasteiger partial charge in [0.05, 0.1) is 5.69 Å². The number of hydrogen-bond acceptors (Lipinski definition) is 3. The molecule has 0 amide bonds. The molecule has 2 rings (SSSR count). The Morgan fingerprint density at radius 3 is 3.07 bits per heavy atom. The second-order valence-electron chi connectivity index (χ2n) is 3.76. The Labute approximate surface area is 84.4 Å². The van der Waals surface area contributed by atoms with Crippen LogP contribution in [0.1, 0.15) is 13.8 Å². The van der Waals surface area contributed by atoms with E-state index >= 15 is 0 Å². The van der Waals surface area contributed by atoms with E-state index in [-0.39, 0.29) is 0 Å². The van der Waals surface area contributed by atoms with Crippen molar-refractivity contribution in [3.63, 3.8) is 0 Å². The van der Waals surface area contributed by atoms with Crippen LogP contribution >= 0.6 is 0 Å². The first-order valence-corrected chi connectivity index (χ1v) is 5.06. The number of nitrogens with one attached hydrogen (secondary N) is 1. The Hall–Kier alpha value is -1.38. The zero-order chi connectivity index (χ0) is 10.1. The fraction of sp³-hybridized carbons (Fsp3) is 0.455. The molecule has 1 aromatic rings. The maximum Gasteiger partial charge on any atom is 0.140 e. The molecule has 0 bridgehead atoms. The lowest BCUT2D eigenvalue weighted by Gasteiger charge is -2.35. The average Bonchev–Trinajstić information content (AvgIpc) is 2.18. The second-order valence-corrected chi connectivity index (χ2v) is 3.76. The second kappa shape index (κ2) is 3.40. The average molecular weight is 192 g/mol. The molecule has 3 heteroatoms. The first kappa shape index (κ1) is 9.19. The molecule has 0 aliphatic carbocycles. The molecule has 0 saturated heterocycles. The number of para-hydroxylation sites is 1. The summed E-state index contributed by atoms with van der Waals surface area (Å²) < 4.78 is 0. The van der Waals surface area contributed by atoms with Gasteiger partial charge in [0, 0.05) is 19.1 Å². The van der Waals surface area contributed by atoms with Crippen LogP contribution in [-0.4, -0.2) is 24.2 Å². The van der Waals surface area contributed by atoms with E-state index in [0.29, 0.717) is 11.8 Å². The van der Waals surface area contributed by atoms with E-state index in [9.17, 15) is 5.11 Å². The van der Waals surface area contributed by atoms with Gasteiger partial charge in [-0.2, -0.15) is 0 Å². The Bertz CT molecular complexity index is 338. The first-order valence-electron chi connectivity index (χ1n) is 5.06. The van der Waals surface area contributed by atoms with Crippen molar-refractivity contribution in [2.45, 2.75) is 19.9 Å². The zero-order valence-electron chi connectivity index (χ0n) is 8.62. The van der Waals surface area contributed by atoms with Crippen LogP contribution < -0.4 is 10.2 Å². The van der Waals surface area contributed by atoms with Crippen LogP contribution in [0.15, 0.2) is 18.2 Å². The molecule has 3 nitrogen and oxygen atoms in total. The van der Waals surface area contributed by atoms with Crippen LogP contribution in [0.5, 0.6) is 5.75 Å². The van der Waals surface area contributed by atoms with Crippen molar-refractivity contribution in [2.75, 3.05) is 23.3 Å². The number of benzene rings is 1. The highest BCUT2D eigenvalue weighted by Crippen LogP contribution is 2.37. The number of rotatable bonds is 1. The Balaban J connectivity index is 2.45. The van der Waals surface area contributed by atoms with Crippen LogP contribution in [-0.2, 0) is 0 Å². The predicted molar refractivity (Wildman–Crippen MR) is 59.1 cm³/mol. The van der Waals surface area contributed by atoms with Gasteiger partial charge in [-0.3, -0.25) is 0 Å². The van der Waals surface area contributed by atoms with E-state index in [0.717, 1.165) is 24.5 Å². The highest BCUT2D eigenvalue weighted by molar-refractivity contribution is 5.78. The van der Waals surface area contributed by atoms with E-state index in [1.54, 1.807) is 6.07 Å². The van der Waals surface area contributed by atoms with Gasteiger partial charge in [-0.1, -0.05) is 6.07 Å². The first-order chi connectivity index (χ1) is 6.72. The molecule has 14 heavy (non-hydrogen) atoms. The number of fused-ring (bicyclic) bond motifs is 1. The Morgan fingerprint density at radius 2 is 2.36 bits per heavy atom. The van der Waals surface area contributed by atoms with Crippen molar-refractivity contribution in [2.24, 2.45) is 0 Å². The van der Waals surface area contributed by atoms with Crippen molar-refractivity contribution in [3.8, 4) is 5.75 Å². The number of nitrogens with zero attached hydrogens (tertiary/aromatic N) is 1. The maximum absolute atomic E-state index is 9.70. The molecule has 1 atom stereocenters. The van der Waals surface area contributed by atoms with Gasteiger partial charge in [-0.25, -0.2) is 0 Å². The van der Waals surface area contributed by atoms with E-state index in [2.05, 4.69) is 24.1 Å². The van der Waals surface area contributed by atoms with E-state index in [4.69, 9.17) is 0 Å². The fourth-order valence-corrected chi connectivity index (χ4v) is 1.96. The van der Waals surface area contributed by atoms with Gasteiger partial charge in [0.1, 0.15) is 11.4 Å². The third-order valence-electron chi connectivity index (χ3n) is 2.63. The predicted octanol–water partition coefficient (Wildman–Crippen LogP) is 2.03. The van der Waals surface area contributed by atoms with E-state index in [1.807, 2.05) is 12.1 Å². The fourth-order valence-electron chi connectivity index (χ4n) is 1.96. The summed E-state index contributed by atoms with van der Waals surface area (Å²) in [4.78, 5) is 2.27. The quantitative estimate of drug-likeness (QED) is 0.668. The smallest absolute Gasteiger partial charge is 0.140 e. The maximum atomic E-state index is 9.70. The zero-order valence-corrected chi connectivity index (χ0v) is 8.62. The Morgan fingerprint density at radius 1 is 1.57 bits per heavy atom. The van der Waals surface area contributed by atoms with Crippen LogP contribution in [0.3, 0.4) is 0 Å².